The van der Waals surface area contributed by atoms with E-state index < -0.39 is 28.5 Å². The van der Waals surface area contributed by atoms with Crippen LogP contribution in [0.2, 0.25) is 0 Å². The van der Waals surface area contributed by atoms with Crippen LogP contribution in [0.25, 0.3) is 0 Å². The van der Waals surface area contributed by atoms with E-state index in [9.17, 15) is 18.0 Å². The van der Waals surface area contributed by atoms with E-state index in [2.05, 4.69) is 5.32 Å². The first-order valence-corrected chi connectivity index (χ1v) is 13.1. The summed E-state index contributed by atoms with van der Waals surface area (Å²) in [4.78, 5) is 27.8. The third kappa shape index (κ3) is 7.21. The predicted octanol–water partition coefficient (Wildman–Crippen LogP) is 3.10. The second kappa shape index (κ2) is 11.9. The predicted molar refractivity (Wildman–Crippen MR) is 134 cm³/mol. The number of para-hydroxylation sites is 1. The van der Waals surface area contributed by atoms with Crippen LogP contribution in [-0.2, 0) is 26.2 Å². The highest BCUT2D eigenvalue weighted by Gasteiger charge is 2.30. The van der Waals surface area contributed by atoms with Crippen molar-refractivity contribution in [3.63, 3.8) is 0 Å². The molecule has 0 aliphatic rings. The van der Waals surface area contributed by atoms with Crippen LogP contribution in [0.15, 0.2) is 48.5 Å². The number of anilines is 1. The topological polar surface area (TPSA) is 96.0 Å². The fourth-order valence-electron chi connectivity index (χ4n) is 3.41. The van der Waals surface area contributed by atoms with E-state index in [1.165, 1.54) is 4.90 Å². The van der Waals surface area contributed by atoms with Crippen molar-refractivity contribution < 1.29 is 22.7 Å². The Bertz CT molecular complexity index is 1090. The summed E-state index contributed by atoms with van der Waals surface area (Å²) in [7, 11) is -2.18. The van der Waals surface area contributed by atoms with Gasteiger partial charge in [0.2, 0.25) is 21.8 Å². The second-order valence-electron chi connectivity index (χ2n) is 8.42. The molecule has 0 bridgehead atoms. The van der Waals surface area contributed by atoms with Gasteiger partial charge >= 0.3 is 0 Å². The molecule has 0 radical (unpaired) electrons. The standard InChI is InChI=1S/C25H35N3O5S/c1-7-19(3)26-25(30)20(4)27(16-21-12-14-22(33-5)15-13-21)24(29)17-28(34(6,31)32)23-11-9-8-10-18(23)2/h8-15,19-20H,7,16-17H2,1-6H3,(H,26,30)/t19-,20+/m0/s1. The summed E-state index contributed by atoms with van der Waals surface area (Å²) < 4.78 is 31.5. The summed E-state index contributed by atoms with van der Waals surface area (Å²) in [6.07, 6.45) is 1.82. The second-order valence-corrected chi connectivity index (χ2v) is 10.3. The summed E-state index contributed by atoms with van der Waals surface area (Å²) in [6.45, 7) is 7.02. The molecule has 0 aromatic heterocycles. The molecule has 8 nitrogen and oxygen atoms in total. The quantitative estimate of drug-likeness (QED) is 0.523. The molecule has 186 valence electrons. The molecular formula is C25H35N3O5S. The molecule has 0 aliphatic heterocycles. The van der Waals surface area contributed by atoms with Gasteiger partial charge in [-0.15, -0.1) is 0 Å². The minimum absolute atomic E-state index is 0.0487. The van der Waals surface area contributed by atoms with Gasteiger partial charge < -0.3 is 15.0 Å². The van der Waals surface area contributed by atoms with E-state index in [-0.39, 0.29) is 18.5 Å². The third-order valence-corrected chi connectivity index (χ3v) is 6.87. The Hall–Kier alpha value is -3.07. The number of nitrogens with zero attached hydrogens (tertiary/aromatic N) is 2. The molecule has 0 saturated heterocycles. The van der Waals surface area contributed by atoms with Crippen LogP contribution in [0, 0.1) is 6.92 Å². The Morgan fingerprint density at radius 1 is 1.06 bits per heavy atom. The van der Waals surface area contributed by atoms with E-state index in [4.69, 9.17) is 4.74 Å². The molecule has 2 amide bonds. The Balaban J connectivity index is 2.39. The zero-order valence-electron chi connectivity index (χ0n) is 20.7. The molecule has 2 aromatic rings. The van der Waals surface area contributed by atoms with Gasteiger partial charge in [-0.05, 0) is 56.5 Å². The van der Waals surface area contributed by atoms with E-state index in [0.29, 0.717) is 11.4 Å². The summed E-state index contributed by atoms with van der Waals surface area (Å²) in [5, 5.41) is 2.91. The lowest BCUT2D eigenvalue weighted by atomic mass is 10.1. The number of sulfonamides is 1. The molecule has 2 aromatic carbocycles. The fraction of sp³-hybridized carbons (Fsp3) is 0.440. The highest BCUT2D eigenvalue weighted by molar-refractivity contribution is 7.92. The van der Waals surface area contributed by atoms with Crippen LogP contribution in [0.1, 0.15) is 38.3 Å². The van der Waals surface area contributed by atoms with Gasteiger partial charge in [-0.1, -0.05) is 37.3 Å². The molecule has 0 saturated carbocycles. The molecule has 0 spiro atoms. The normalized spacial score (nSPS) is 13.0. The maximum Gasteiger partial charge on any atom is 0.244 e. The van der Waals surface area contributed by atoms with Crippen molar-refractivity contribution in [2.24, 2.45) is 0 Å². The maximum absolute atomic E-state index is 13.5. The lowest BCUT2D eigenvalue weighted by Gasteiger charge is -2.32. The highest BCUT2D eigenvalue weighted by Crippen LogP contribution is 2.23. The summed E-state index contributed by atoms with van der Waals surface area (Å²) in [5.74, 6) is -0.0960. The Labute approximate surface area is 202 Å². The minimum Gasteiger partial charge on any atom is -0.497 e. The molecule has 0 fully saturated rings. The summed E-state index contributed by atoms with van der Waals surface area (Å²) in [6, 6.07) is 13.3. The van der Waals surface area contributed by atoms with Crippen LogP contribution in [0.5, 0.6) is 5.75 Å². The van der Waals surface area contributed by atoms with Gasteiger partial charge in [-0.2, -0.15) is 0 Å². The monoisotopic (exact) mass is 489 g/mol. The van der Waals surface area contributed by atoms with E-state index in [1.807, 2.05) is 26.0 Å². The van der Waals surface area contributed by atoms with Crippen LogP contribution < -0.4 is 14.4 Å². The number of amides is 2. The number of methoxy groups -OCH3 is 1. The van der Waals surface area contributed by atoms with E-state index in [1.54, 1.807) is 57.4 Å². The molecule has 1 N–H and O–H groups in total. The van der Waals surface area contributed by atoms with Crippen LogP contribution in [0.3, 0.4) is 0 Å². The van der Waals surface area contributed by atoms with Crippen LogP contribution in [0.4, 0.5) is 5.69 Å². The largest absolute Gasteiger partial charge is 0.497 e. The summed E-state index contributed by atoms with van der Waals surface area (Å²) >= 11 is 0. The molecule has 2 atom stereocenters. The van der Waals surface area contributed by atoms with Gasteiger partial charge in [0, 0.05) is 12.6 Å². The van der Waals surface area contributed by atoms with Gasteiger partial charge in [0.05, 0.1) is 19.1 Å². The van der Waals surface area contributed by atoms with Gasteiger partial charge in [0.1, 0.15) is 18.3 Å². The number of carbonyl (C=O) groups excluding carboxylic acids is 2. The van der Waals surface area contributed by atoms with Crippen LogP contribution in [-0.4, -0.2) is 57.1 Å². The lowest BCUT2D eigenvalue weighted by molar-refractivity contribution is -0.139. The molecule has 0 heterocycles. The minimum atomic E-state index is -3.75. The van der Waals surface area contributed by atoms with Gasteiger partial charge in [-0.3, -0.25) is 13.9 Å². The van der Waals surface area contributed by atoms with Gasteiger partial charge in [0.25, 0.3) is 0 Å². The number of aryl methyl sites for hydroxylation is 1. The maximum atomic E-state index is 13.5. The van der Waals surface area contributed by atoms with Crippen molar-refractivity contribution in [2.45, 2.75) is 52.7 Å². The van der Waals surface area contributed by atoms with Crippen molar-refractivity contribution in [3.8, 4) is 5.75 Å². The number of nitrogens with one attached hydrogen (secondary N) is 1. The summed E-state index contributed by atoms with van der Waals surface area (Å²) in [5.41, 5.74) is 1.95. The third-order valence-electron chi connectivity index (χ3n) is 5.74. The average molecular weight is 490 g/mol. The molecule has 0 unspecified atom stereocenters. The van der Waals surface area contributed by atoms with Crippen molar-refractivity contribution >= 4 is 27.5 Å². The average Bonchev–Trinajstić information content (AvgIpc) is 2.80. The van der Waals surface area contributed by atoms with E-state index in [0.717, 1.165) is 28.1 Å². The van der Waals surface area contributed by atoms with Crippen molar-refractivity contribution in [1.82, 2.24) is 10.2 Å². The Morgan fingerprint density at radius 3 is 2.21 bits per heavy atom. The van der Waals surface area contributed by atoms with E-state index >= 15 is 0 Å². The number of carbonyl (C=O) groups is 2. The molecule has 2 rings (SSSR count). The SMILES string of the molecule is CC[C@H](C)NC(=O)[C@@H](C)N(Cc1ccc(OC)cc1)C(=O)CN(c1ccccc1C)S(C)(=O)=O. The number of benzene rings is 2. The molecule has 34 heavy (non-hydrogen) atoms. The number of ether oxygens (including phenoxy) is 1. The molecule has 0 aliphatic carbocycles. The molecule has 9 heteroatoms. The number of hydrogen-bond donors (Lipinski definition) is 1. The van der Waals surface area contributed by atoms with Gasteiger partial charge in [-0.25, -0.2) is 8.42 Å². The zero-order valence-corrected chi connectivity index (χ0v) is 21.6. The van der Waals surface area contributed by atoms with Crippen LogP contribution >= 0.6 is 0 Å². The lowest BCUT2D eigenvalue weighted by Crippen LogP contribution is -2.52. The molecular weight excluding hydrogens is 454 g/mol. The highest BCUT2D eigenvalue weighted by atomic mass is 32.2. The smallest absolute Gasteiger partial charge is 0.244 e. The van der Waals surface area contributed by atoms with Crippen molar-refractivity contribution in [2.75, 3.05) is 24.2 Å². The Morgan fingerprint density at radius 2 is 1.68 bits per heavy atom. The first kappa shape index (κ1) is 27.2. The van der Waals surface area contributed by atoms with Crippen molar-refractivity contribution in [1.29, 1.82) is 0 Å². The Kier molecular flexibility index (Phi) is 9.49. The first-order valence-electron chi connectivity index (χ1n) is 11.2. The number of rotatable bonds is 11. The fourth-order valence-corrected chi connectivity index (χ4v) is 4.32. The zero-order chi connectivity index (χ0) is 25.5. The first-order chi connectivity index (χ1) is 16.0. The van der Waals surface area contributed by atoms with Gasteiger partial charge in [0.15, 0.2) is 0 Å². The van der Waals surface area contributed by atoms with Crippen molar-refractivity contribution in [3.05, 3.63) is 59.7 Å². The number of hydrogen-bond acceptors (Lipinski definition) is 5.